The Hall–Kier alpha value is -2.18. The van der Waals surface area contributed by atoms with Gasteiger partial charge in [0.2, 0.25) is 23.6 Å². The van der Waals surface area contributed by atoms with E-state index in [2.05, 4.69) is 0 Å². The number of carbonyl (C=O) groups is 3. The van der Waals surface area contributed by atoms with E-state index in [1.807, 2.05) is 0 Å². The van der Waals surface area contributed by atoms with E-state index in [9.17, 15) is 14.4 Å². The molecule has 2 heterocycles. The SMILES string of the molecule is CCOC(=O)C1=CC(=O)C2(C(=O)c3ccc(Cl)cc3)OC2O1. The van der Waals surface area contributed by atoms with Crippen LogP contribution in [0.1, 0.15) is 17.3 Å². The second-order valence-corrected chi connectivity index (χ2v) is 5.17. The number of hydrogen-bond donors (Lipinski definition) is 0. The highest BCUT2D eigenvalue weighted by molar-refractivity contribution is 6.31. The van der Waals surface area contributed by atoms with Crippen molar-refractivity contribution in [2.45, 2.75) is 18.8 Å². The third kappa shape index (κ3) is 2.20. The summed E-state index contributed by atoms with van der Waals surface area (Å²) in [6.45, 7) is 1.78. The van der Waals surface area contributed by atoms with E-state index in [1.54, 1.807) is 6.92 Å². The number of esters is 1. The number of epoxide rings is 1. The molecule has 2 aliphatic heterocycles. The maximum atomic E-state index is 12.5. The van der Waals surface area contributed by atoms with Crippen LogP contribution >= 0.6 is 11.6 Å². The van der Waals surface area contributed by atoms with Gasteiger partial charge in [-0.15, -0.1) is 0 Å². The van der Waals surface area contributed by atoms with Crippen molar-refractivity contribution < 1.29 is 28.6 Å². The van der Waals surface area contributed by atoms with Gasteiger partial charge in [-0.05, 0) is 31.2 Å². The summed E-state index contributed by atoms with van der Waals surface area (Å²) in [7, 11) is 0. The molecule has 1 aromatic carbocycles. The summed E-state index contributed by atoms with van der Waals surface area (Å²) in [5.41, 5.74) is -1.43. The summed E-state index contributed by atoms with van der Waals surface area (Å²) in [6, 6.07) is 6.07. The summed E-state index contributed by atoms with van der Waals surface area (Å²) >= 11 is 5.76. The molecule has 0 aromatic heterocycles. The number of hydrogen-bond acceptors (Lipinski definition) is 6. The Morgan fingerprint density at radius 1 is 1.32 bits per heavy atom. The normalized spacial score (nSPS) is 25.6. The largest absolute Gasteiger partial charge is 0.460 e. The van der Waals surface area contributed by atoms with Crippen molar-refractivity contribution in [1.29, 1.82) is 0 Å². The summed E-state index contributed by atoms with van der Waals surface area (Å²) < 4.78 is 15.1. The second-order valence-electron chi connectivity index (χ2n) is 4.73. The van der Waals surface area contributed by atoms with Crippen LogP contribution in [0.15, 0.2) is 36.1 Å². The molecule has 114 valence electrons. The van der Waals surface area contributed by atoms with Crippen LogP contribution in [-0.4, -0.2) is 36.0 Å². The maximum Gasteiger partial charge on any atom is 0.373 e. The van der Waals surface area contributed by atoms with Gasteiger partial charge in [0.1, 0.15) is 0 Å². The van der Waals surface area contributed by atoms with Gasteiger partial charge in [-0.3, -0.25) is 9.59 Å². The molecule has 0 aliphatic carbocycles. The number of halogens is 1. The molecule has 0 radical (unpaired) electrons. The molecule has 2 unspecified atom stereocenters. The first-order valence-electron chi connectivity index (χ1n) is 6.57. The van der Waals surface area contributed by atoms with Gasteiger partial charge in [0.15, 0.2) is 0 Å². The van der Waals surface area contributed by atoms with Gasteiger partial charge in [-0.1, -0.05) is 11.6 Å². The predicted molar refractivity (Wildman–Crippen MR) is 74.2 cm³/mol. The molecule has 2 aliphatic rings. The molecule has 0 amide bonds. The lowest BCUT2D eigenvalue weighted by Crippen LogP contribution is -2.39. The monoisotopic (exact) mass is 322 g/mol. The molecule has 2 atom stereocenters. The molecule has 6 nitrogen and oxygen atoms in total. The van der Waals surface area contributed by atoms with Crippen LogP contribution in [-0.2, 0) is 23.8 Å². The van der Waals surface area contributed by atoms with Crippen LogP contribution in [0.25, 0.3) is 0 Å². The first-order chi connectivity index (χ1) is 10.5. The second kappa shape index (κ2) is 5.23. The van der Waals surface area contributed by atoms with Crippen molar-refractivity contribution >= 4 is 29.1 Å². The zero-order chi connectivity index (χ0) is 15.9. The van der Waals surface area contributed by atoms with Gasteiger partial charge < -0.3 is 14.2 Å². The molecule has 0 N–H and O–H groups in total. The molecule has 1 aromatic rings. The van der Waals surface area contributed by atoms with Gasteiger partial charge >= 0.3 is 5.97 Å². The summed E-state index contributed by atoms with van der Waals surface area (Å²) in [5, 5.41) is 0.470. The molecule has 3 rings (SSSR count). The molecule has 0 saturated carbocycles. The van der Waals surface area contributed by atoms with Crippen LogP contribution in [0.4, 0.5) is 0 Å². The molecular weight excluding hydrogens is 312 g/mol. The minimum Gasteiger partial charge on any atom is -0.460 e. The van der Waals surface area contributed by atoms with Gasteiger partial charge in [0.05, 0.1) is 6.61 Å². The van der Waals surface area contributed by atoms with E-state index in [1.165, 1.54) is 24.3 Å². The highest BCUT2D eigenvalue weighted by atomic mass is 35.5. The van der Waals surface area contributed by atoms with Crippen molar-refractivity contribution in [2.24, 2.45) is 0 Å². The van der Waals surface area contributed by atoms with E-state index in [4.69, 9.17) is 25.8 Å². The standard InChI is InChI=1S/C15H11ClO6/c1-2-20-13(19)10-7-11(17)15(14(21-10)22-15)12(18)8-3-5-9(16)6-4-8/h3-7,14H,2H2,1H3. The Morgan fingerprint density at radius 2 is 2.00 bits per heavy atom. The molecule has 22 heavy (non-hydrogen) atoms. The molecule has 0 bridgehead atoms. The molecule has 7 heteroatoms. The fourth-order valence-corrected chi connectivity index (χ4v) is 2.32. The number of rotatable bonds is 4. The average Bonchev–Trinajstić information content (AvgIpc) is 3.24. The Labute approximate surface area is 130 Å². The third-order valence-electron chi connectivity index (χ3n) is 3.35. The lowest BCUT2D eigenvalue weighted by Gasteiger charge is -2.15. The Kier molecular flexibility index (Phi) is 3.50. The van der Waals surface area contributed by atoms with E-state index < -0.39 is 29.4 Å². The van der Waals surface area contributed by atoms with Gasteiger partial charge in [0.25, 0.3) is 5.60 Å². The maximum absolute atomic E-state index is 12.5. The molecule has 1 fully saturated rings. The number of benzene rings is 1. The average molecular weight is 323 g/mol. The lowest BCUT2D eigenvalue weighted by molar-refractivity contribution is -0.144. The van der Waals surface area contributed by atoms with E-state index >= 15 is 0 Å². The van der Waals surface area contributed by atoms with Gasteiger partial charge in [0, 0.05) is 16.7 Å². The van der Waals surface area contributed by atoms with E-state index in [0.717, 1.165) is 6.08 Å². The van der Waals surface area contributed by atoms with Gasteiger partial charge in [-0.25, -0.2) is 4.79 Å². The quantitative estimate of drug-likeness (QED) is 0.363. The Balaban J connectivity index is 1.85. The minimum absolute atomic E-state index is 0.147. The van der Waals surface area contributed by atoms with E-state index in [-0.39, 0.29) is 17.9 Å². The van der Waals surface area contributed by atoms with Crippen LogP contribution in [0.2, 0.25) is 5.02 Å². The van der Waals surface area contributed by atoms with Crippen molar-refractivity contribution in [3.8, 4) is 0 Å². The fraction of sp³-hybridized carbons (Fsp3) is 0.267. The number of Topliss-reactive ketones (excluding diaryl/α,β-unsaturated/α-hetero) is 1. The summed E-state index contributed by atoms with van der Waals surface area (Å²) in [4.78, 5) is 36.3. The lowest BCUT2D eigenvalue weighted by atomic mass is 9.91. The highest BCUT2D eigenvalue weighted by Gasteiger charge is 2.72. The number of fused-ring (bicyclic) bond motifs is 1. The van der Waals surface area contributed by atoms with Crippen LogP contribution in [0.3, 0.4) is 0 Å². The van der Waals surface area contributed by atoms with Crippen molar-refractivity contribution in [3.63, 3.8) is 0 Å². The first kappa shape index (κ1) is 14.7. The predicted octanol–water partition coefficient (Wildman–Crippen LogP) is 1.66. The Bertz CT molecular complexity index is 692. The third-order valence-corrected chi connectivity index (χ3v) is 3.60. The van der Waals surface area contributed by atoms with Gasteiger partial charge in [-0.2, -0.15) is 0 Å². The zero-order valence-electron chi connectivity index (χ0n) is 11.5. The van der Waals surface area contributed by atoms with E-state index in [0.29, 0.717) is 5.02 Å². The van der Waals surface area contributed by atoms with Crippen LogP contribution in [0, 0.1) is 0 Å². The molecular formula is C15H11ClO6. The summed E-state index contributed by atoms with van der Waals surface area (Å²) in [5.74, 6) is -2.18. The smallest absolute Gasteiger partial charge is 0.373 e. The number of ether oxygens (including phenoxy) is 3. The molecule has 0 spiro atoms. The topological polar surface area (TPSA) is 82.2 Å². The van der Waals surface area contributed by atoms with Crippen molar-refractivity contribution in [3.05, 3.63) is 46.7 Å². The summed E-state index contributed by atoms with van der Waals surface area (Å²) in [6.07, 6.45) is -0.164. The van der Waals surface area contributed by atoms with Crippen LogP contribution in [0.5, 0.6) is 0 Å². The molecule has 1 saturated heterocycles. The van der Waals surface area contributed by atoms with Crippen molar-refractivity contribution in [2.75, 3.05) is 6.61 Å². The highest BCUT2D eigenvalue weighted by Crippen LogP contribution is 2.45. The first-order valence-corrected chi connectivity index (χ1v) is 6.95. The van der Waals surface area contributed by atoms with Crippen LogP contribution < -0.4 is 0 Å². The van der Waals surface area contributed by atoms with Crippen molar-refractivity contribution in [1.82, 2.24) is 0 Å². The Morgan fingerprint density at radius 3 is 2.59 bits per heavy atom. The number of ketones is 2. The number of carbonyl (C=O) groups excluding carboxylic acids is 3. The zero-order valence-corrected chi connectivity index (χ0v) is 12.3. The fourth-order valence-electron chi connectivity index (χ4n) is 2.19. The minimum atomic E-state index is -1.70.